The van der Waals surface area contributed by atoms with Crippen molar-refractivity contribution in [3.63, 3.8) is 0 Å². The summed E-state index contributed by atoms with van der Waals surface area (Å²) in [5.41, 5.74) is 14.2. The lowest BCUT2D eigenvalue weighted by Crippen LogP contribution is -2.06. The van der Waals surface area contributed by atoms with Crippen molar-refractivity contribution in [1.82, 2.24) is 19.9 Å². The van der Waals surface area contributed by atoms with Gasteiger partial charge >= 0.3 is 0 Å². The molecule has 0 aliphatic heterocycles. The van der Waals surface area contributed by atoms with Gasteiger partial charge in [-0.15, -0.1) is 0 Å². The summed E-state index contributed by atoms with van der Waals surface area (Å²) in [5.74, 6) is 2.08. The van der Waals surface area contributed by atoms with Crippen LogP contribution in [0.4, 0.5) is 0 Å². The monoisotopic (exact) mass is 519 g/mol. The second kappa shape index (κ2) is 11.8. The number of pyridine rings is 1. The van der Waals surface area contributed by atoms with Crippen molar-refractivity contribution in [2.24, 2.45) is 5.73 Å². The first-order valence-corrected chi connectivity index (χ1v) is 13.5. The molecule has 0 amide bonds. The maximum atomic E-state index is 5.82. The molecule has 6 rings (SSSR count). The predicted molar refractivity (Wildman–Crippen MR) is 162 cm³/mol. The van der Waals surface area contributed by atoms with Crippen LogP contribution < -0.4 is 5.73 Å². The van der Waals surface area contributed by atoms with Crippen LogP contribution in [0.1, 0.15) is 12.2 Å². The Morgan fingerprint density at radius 3 is 1.65 bits per heavy atom. The molecule has 0 unspecified atom stereocenters. The van der Waals surface area contributed by atoms with Crippen LogP contribution in [0, 0.1) is 0 Å². The molecule has 0 bridgehead atoms. The van der Waals surface area contributed by atoms with Gasteiger partial charge < -0.3 is 5.73 Å². The Balaban J connectivity index is 1.48. The van der Waals surface area contributed by atoms with Crippen LogP contribution in [0.3, 0.4) is 0 Å². The molecule has 6 aromatic rings. The number of nitrogens with two attached hydrogens (primary N) is 1. The largest absolute Gasteiger partial charge is 0.330 e. The highest BCUT2D eigenvalue weighted by atomic mass is 15.0. The Morgan fingerprint density at radius 1 is 0.475 bits per heavy atom. The van der Waals surface area contributed by atoms with Gasteiger partial charge in [-0.05, 0) is 65.6 Å². The Morgan fingerprint density at radius 2 is 1.02 bits per heavy atom. The summed E-state index contributed by atoms with van der Waals surface area (Å²) in [6, 6.07) is 41.5. The minimum atomic E-state index is 0.587. The number of benzene rings is 4. The fraction of sp³-hybridized carbons (Fsp3) is 0.0857. The average Bonchev–Trinajstić information content (AvgIpc) is 3.05. The first kappa shape index (κ1) is 25.3. The van der Waals surface area contributed by atoms with Crippen molar-refractivity contribution in [1.29, 1.82) is 0 Å². The molecule has 0 aliphatic rings. The third kappa shape index (κ3) is 5.70. The van der Waals surface area contributed by atoms with E-state index in [-0.39, 0.29) is 0 Å². The molecule has 0 atom stereocenters. The van der Waals surface area contributed by atoms with E-state index < -0.39 is 0 Å². The van der Waals surface area contributed by atoms with Crippen molar-refractivity contribution < 1.29 is 0 Å². The number of nitrogens with zero attached hydrogens (tertiary/aromatic N) is 4. The number of hydrogen-bond donors (Lipinski definition) is 1. The third-order valence-electron chi connectivity index (χ3n) is 6.80. The highest BCUT2D eigenvalue weighted by Crippen LogP contribution is 2.33. The topological polar surface area (TPSA) is 77.6 Å². The zero-order valence-electron chi connectivity index (χ0n) is 22.1. The van der Waals surface area contributed by atoms with E-state index in [0.717, 1.165) is 56.9 Å². The Labute approximate surface area is 234 Å². The zero-order valence-corrected chi connectivity index (χ0v) is 22.1. The van der Waals surface area contributed by atoms with Crippen LogP contribution in [0.25, 0.3) is 56.3 Å². The van der Waals surface area contributed by atoms with Crippen molar-refractivity contribution in [2.75, 3.05) is 6.54 Å². The van der Waals surface area contributed by atoms with Crippen molar-refractivity contribution in [3.05, 3.63) is 133 Å². The maximum Gasteiger partial charge on any atom is 0.163 e. The molecule has 5 nitrogen and oxygen atoms in total. The van der Waals surface area contributed by atoms with E-state index >= 15 is 0 Å². The van der Waals surface area contributed by atoms with Gasteiger partial charge in [0, 0.05) is 29.3 Å². The van der Waals surface area contributed by atoms with Crippen molar-refractivity contribution in [2.45, 2.75) is 12.8 Å². The molecule has 40 heavy (non-hydrogen) atoms. The molecule has 2 heterocycles. The zero-order chi connectivity index (χ0) is 27.1. The van der Waals surface area contributed by atoms with Crippen LogP contribution >= 0.6 is 0 Å². The number of rotatable bonds is 8. The average molecular weight is 520 g/mol. The normalized spacial score (nSPS) is 10.9. The molecule has 5 heteroatoms. The molecule has 4 aromatic carbocycles. The number of aryl methyl sites for hydroxylation is 1. The Bertz CT molecular complexity index is 1700. The molecule has 0 fully saturated rings. The highest BCUT2D eigenvalue weighted by Gasteiger charge is 2.14. The van der Waals surface area contributed by atoms with Crippen LogP contribution in [0.2, 0.25) is 0 Å². The second-order valence-corrected chi connectivity index (χ2v) is 9.61. The van der Waals surface area contributed by atoms with Crippen LogP contribution in [0.5, 0.6) is 0 Å². The molecule has 0 radical (unpaired) electrons. The fourth-order valence-corrected chi connectivity index (χ4v) is 4.72. The van der Waals surface area contributed by atoms with E-state index in [1.807, 2.05) is 60.8 Å². The first-order valence-electron chi connectivity index (χ1n) is 13.5. The molecule has 0 aliphatic carbocycles. The molecular weight excluding hydrogens is 490 g/mol. The van der Waals surface area contributed by atoms with E-state index in [0.29, 0.717) is 24.6 Å². The van der Waals surface area contributed by atoms with Gasteiger partial charge in [0.05, 0.1) is 5.69 Å². The lowest BCUT2D eigenvalue weighted by Gasteiger charge is -2.12. The number of hydrogen-bond acceptors (Lipinski definition) is 5. The van der Waals surface area contributed by atoms with Crippen LogP contribution in [-0.4, -0.2) is 26.5 Å². The summed E-state index contributed by atoms with van der Waals surface area (Å²) in [5, 5.41) is 0. The Hall–Kier alpha value is -5.00. The molecule has 194 valence electrons. The van der Waals surface area contributed by atoms with Crippen LogP contribution in [0.15, 0.2) is 128 Å². The van der Waals surface area contributed by atoms with E-state index in [4.69, 9.17) is 20.7 Å². The lowest BCUT2D eigenvalue weighted by molar-refractivity contribution is 0.775. The molecule has 2 N–H and O–H groups in total. The first-order chi connectivity index (χ1) is 19.8. The van der Waals surface area contributed by atoms with Gasteiger partial charge in [0.2, 0.25) is 0 Å². The van der Waals surface area contributed by atoms with Gasteiger partial charge in [0.15, 0.2) is 11.6 Å². The van der Waals surface area contributed by atoms with Crippen molar-refractivity contribution >= 4 is 0 Å². The molecule has 0 saturated carbocycles. The standard InChI is InChI=1S/C35H29N5/c36-20-9-15-33-38-34(28-12-5-2-6-13-28)40-35(39-33)31-23-29(25-10-3-1-4-11-25)22-30(24-31)26-16-18-27(19-17-26)32-14-7-8-21-37-32/h1-8,10-14,16-19,21-24H,9,15,20,36H2. The van der Waals surface area contributed by atoms with E-state index in [9.17, 15) is 0 Å². The molecule has 0 spiro atoms. The van der Waals surface area contributed by atoms with Crippen LogP contribution in [-0.2, 0) is 6.42 Å². The van der Waals surface area contributed by atoms with Crippen molar-refractivity contribution in [3.8, 4) is 56.3 Å². The van der Waals surface area contributed by atoms with Gasteiger partial charge in [0.25, 0.3) is 0 Å². The summed E-state index contributed by atoms with van der Waals surface area (Å²) in [4.78, 5) is 19.1. The van der Waals surface area contributed by atoms with Gasteiger partial charge in [-0.1, -0.05) is 91.0 Å². The highest BCUT2D eigenvalue weighted by molar-refractivity contribution is 5.80. The van der Waals surface area contributed by atoms with E-state index in [2.05, 4.69) is 71.7 Å². The maximum absolute atomic E-state index is 5.82. The minimum Gasteiger partial charge on any atom is -0.330 e. The molecular formula is C35H29N5. The smallest absolute Gasteiger partial charge is 0.163 e. The fourth-order valence-electron chi connectivity index (χ4n) is 4.72. The SMILES string of the molecule is NCCCc1nc(-c2ccccc2)nc(-c2cc(-c3ccccc3)cc(-c3ccc(-c4ccccn4)cc3)c2)n1. The number of aromatic nitrogens is 4. The Kier molecular flexibility index (Phi) is 7.46. The van der Waals surface area contributed by atoms with Gasteiger partial charge in [-0.2, -0.15) is 0 Å². The summed E-state index contributed by atoms with van der Waals surface area (Å²) in [7, 11) is 0. The summed E-state index contributed by atoms with van der Waals surface area (Å²) >= 11 is 0. The van der Waals surface area contributed by atoms with Gasteiger partial charge in [0.1, 0.15) is 5.82 Å². The third-order valence-corrected chi connectivity index (χ3v) is 6.80. The molecule has 2 aromatic heterocycles. The lowest BCUT2D eigenvalue weighted by atomic mass is 9.95. The van der Waals surface area contributed by atoms with Gasteiger partial charge in [-0.3, -0.25) is 4.98 Å². The van der Waals surface area contributed by atoms with Gasteiger partial charge in [-0.25, -0.2) is 15.0 Å². The molecule has 0 saturated heterocycles. The predicted octanol–water partition coefficient (Wildman–Crippen LogP) is 7.49. The minimum absolute atomic E-state index is 0.587. The summed E-state index contributed by atoms with van der Waals surface area (Å²) in [6.45, 7) is 0.587. The summed E-state index contributed by atoms with van der Waals surface area (Å²) < 4.78 is 0. The van der Waals surface area contributed by atoms with E-state index in [1.165, 1.54) is 0 Å². The quantitative estimate of drug-likeness (QED) is 0.225. The van der Waals surface area contributed by atoms with E-state index in [1.54, 1.807) is 0 Å². The summed E-state index contributed by atoms with van der Waals surface area (Å²) in [6.07, 6.45) is 3.33. The second-order valence-electron chi connectivity index (χ2n) is 9.61.